The number of halogens is 3. The van der Waals surface area contributed by atoms with Crippen molar-refractivity contribution >= 4 is 67.8 Å². The van der Waals surface area contributed by atoms with Crippen LogP contribution in [0, 0.1) is 23.7 Å². The normalized spacial score (nSPS) is 47.8. The lowest BCUT2D eigenvalue weighted by Gasteiger charge is -2.55. The average Bonchev–Trinajstić information content (AvgIpc) is 1.98. The van der Waals surface area contributed by atoms with Crippen LogP contribution in [0.2, 0.25) is 0 Å². The number of hydrogen-bond acceptors (Lipinski definition) is 0. The van der Waals surface area contributed by atoms with Gasteiger partial charge in [-0.05, 0) is 42.9 Å². The molecule has 0 spiro atoms. The standard InChI is InChI=1S/C11H17I3/c1-6-8-3-4-9(8)10(7(2)12)5-11(6,13)14/h6-10H,3-5H2,1-2H3/t6-,7?,8?,9?,10?/m1/s1. The Morgan fingerprint density at radius 1 is 1.21 bits per heavy atom. The molecule has 0 bridgehead atoms. The molecule has 4 unspecified atom stereocenters. The Morgan fingerprint density at radius 2 is 1.79 bits per heavy atom. The first kappa shape index (κ1) is 12.6. The Morgan fingerprint density at radius 3 is 2.21 bits per heavy atom. The van der Waals surface area contributed by atoms with Crippen molar-refractivity contribution in [1.82, 2.24) is 0 Å². The topological polar surface area (TPSA) is 0 Å². The van der Waals surface area contributed by atoms with E-state index < -0.39 is 0 Å². The van der Waals surface area contributed by atoms with Gasteiger partial charge in [0.2, 0.25) is 0 Å². The van der Waals surface area contributed by atoms with Crippen molar-refractivity contribution in [3.63, 3.8) is 0 Å². The summed E-state index contributed by atoms with van der Waals surface area (Å²) in [6.07, 6.45) is 4.44. The first-order chi connectivity index (χ1) is 6.43. The highest BCUT2D eigenvalue weighted by Crippen LogP contribution is 2.61. The molecule has 0 saturated heterocycles. The zero-order chi connectivity index (χ0) is 10.5. The van der Waals surface area contributed by atoms with Crippen LogP contribution in [-0.2, 0) is 0 Å². The molecule has 0 aromatic carbocycles. The molecule has 0 aromatic heterocycles. The van der Waals surface area contributed by atoms with E-state index >= 15 is 0 Å². The van der Waals surface area contributed by atoms with E-state index in [1.807, 2.05) is 0 Å². The lowest BCUT2D eigenvalue weighted by molar-refractivity contribution is 0.0163. The lowest BCUT2D eigenvalue weighted by Crippen LogP contribution is -2.50. The second-order valence-corrected chi connectivity index (χ2v) is 12.9. The van der Waals surface area contributed by atoms with Crippen LogP contribution in [-0.4, -0.2) is 5.35 Å². The van der Waals surface area contributed by atoms with E-state index in [0.717, 1.165) is 27.6 Å². The maximum atomic E-state index is 2.71. The van der Waals surface area contributed by atoms with E-state index in [0.29, 0.717) is 1.43 Å². The minimum Gasteiger partial charge on any atom is -0.0826 e. The number of rotatable bonds is 1. The third-order valence-corrected chi connectivity index (χ3v) is 8.11. The molecule has 82 valence electrons. The van der Waals surface area contributed by atoms with E-state index in [-0.39, 0.29) is 0 Å². The van der Waals surface area contributed by atoms with Gasteiger partial charge in [0.15, 0.2) is 0 Å². The highest BCUT2D eigenvalue weighted by molar-refractivity contribution is 14.2. The van der Waals surface area contributed by atoms with E-state index in [4.69, 9.17) is 0 Å². The smallest absolute Gasteiger partial charge is 0.0765 e. The zero-order valence-electron chi connectivity index (χ0n) is 8.64. The van der Waals surface area contributed by atoms with Crippen LogP contribution in [0.1, 0.15) is 33.1 Å². The fraction of sp³-hybridized carbons (Fsp3) is 1.00. The zero-order valence-corrected chi connectivity index (χ0v) is 15.1. The van der Waals surface area contributed by atoms with E-state index in [1.165, 1.54) is 19.3 Å². The van der Waals surface area contributed by atoms with Gasteiger partial charge in [-0.2, -0.15) is 0 Å². The van der Waals surface area contributed by atoms with Gasteiger partial charge in [0, 0.05) is 3.92 Å². The minimum atomic E-state index is 0.529. The summed E-state index contributed by atoms with van der Waals surface area (Å²) in [5.41, 5.74) is 0. The molecule has 14 heavy (non-hydrogen) atoms. The molecule has 2 fully saturated rings. The Labute approximate surface area is 128 Å². The molecule has 2 rings (SSSR count). The quantitative estimate of drug-likeness (QED) is 0.329. The molecule has 0 nitrogen and oxygen atoms in total. The highest BCUT2D eigenvalue weighted by Gasteiger charge is 2.53. The first-order valence-electron chi connectivity index (χ1n) is 5.45. The predicted octanol–water partition coefficient (Wildman–Crippen LogP) is 5.06. The van der Waals surface area contributed by atoms with Gasteiger partial charge in [0.1, 0.15) is 0 Å². The van der Waals surface area contributed by atoms with Gasteiger partial charge in [-0.3, -0.25) is 0 Å². The summed E-state index contributed by atoms with van der Waals surface area (Å²) in [5, 5.41) is 0. The second-order valence-electron chi connectivity index (χ2n) is 5.00. The van der Waals surface area contributed by atoms with Crippen molar-refractivity contribution in [3.05, 3.63) is 0 Å². The fourth-order valence-electron chi connectivity index (χ4n) is 3.17. The first-order valence-corrected chi connectivity index (χ1v) is 8.85. The van der Waals surface area contributed by atoms with E-state index in [9.17, 15) is 0 Å². The molecule has 2 aliphatic carbocycles. The SMILES string of the molecule is CC(I)C1CC(I)(I)[C@H](C)C2CCC12. The molecule has 0 heterocycles. The Hall–Kier alpha value is 2.19. The van der Waals surface area contributed by atoms with E-state index in [1.54, 1.807) is 0 Å². The fourth-order valence-corrected chi connectivity index (χ4v) is 5.90. The van der Waals surface area contributed by atoms with Gasteiger partial charge in [-0.15, -0.1) is 0 Å². The Bertz CT molecular complexity index is 221. The minimum absolute atomic E-state index is 0.529. The van der Waals surface area contributed by atoms with Crippen molar-refractivity contribution < 1.29 is 0 Å². The van der Waals surface area contributed by atoms with E-state index in [2.05, 4.69) is 81.6 Å². The molecule has 0 aromatic rings. The predicted molar refractivity (Wildman–Crippen MR) is 87.7 cm³/mol. The van der Waals surface area contributed by atoms with Crippen molar-refractivity contribution in [1.29, 1.82) is 0 Å². The molecular weight excluding hydrogens is 513 g/mol. The van der Waals surface area contributed by atoms with Crippen molar-refractivity contribution in [3.8, 4) is 0 Å². The van der Waals surface area contributed by atoms with Crippen LogP contribution in [0.4, 0.5) is 0 Å². The van der Waals surface area contributed by atoms with Crippen LogP contribution >= 0.6 is 67.8 Å². The van der Waals surface area contributed by atoms with Crippen molar-refractivity contribution in [2.75, 3.05) is 0 Å². The molecule has 0 radical (unpaired) electrons. The van der Waals surface area contributed by atoms with Gasteiger partial charge in [0.05, 0.1) is 1.43 Å². The third-order valence-electron chi connectivity index (χ3n) is 4.34. The lowest BCUT2D eigenvalue weighted by atomic mass is 9.56. The van der Waals surface area contributed by atoms with Gasteiger partial charge in [0.25, 0.3) is 0 Å². The van der Waals surface area contributed by atoms with Crippen LogP contribution in [0.15, 0.2) is 0 Å². The summed E-state index contributed by atoms with van der Waals surface area (Å²) in [4.78, 5) is 0. The van der Waals surface area contributed by atoms with Crippen LogP contribution in [0.25, 0.3) is 0 Å². The van der Waals surface area contributed by atoms with Gasteiger partial charge in [-0.1, -0.05) is 81.6 Å². The molecule has 5 atom stereocenters. The highest BCUT2D eigenvalue weighted by atomic mass is 127. The Balaban J connectivity index is 2.16. The van der Waals surface area contributed by atoms with Crippen molar-refractivity contribution in [2.24, 2.45) is 23.7 Å². The van der Waals surface area contributed by atoms with Gasteiger partial charge >= 0.3 is 0 Å². The van der Waals surface area contributed by atoms with Gasteiger partial charge < -0.3 is 0 Å². The summed E-state index contributed by atoms with van der Waals surface area (Å²) < 4.78 is 1.39. The number of alkyl halides is 3. The summed E-state index contributed by atoms with van der Waals surface area (Å²) in [6, 6.07) is 0. The summed E-state index contributed by atoms with van der Waals surface area (Å²) in [5.74, 6) is 4.02. The molecular formula is C11H17I3. The number of fused-ring (bicyclic) bond motifs is 1. The molecule has 3 heteroatoms. The summed E-state index contributed by atoms with van der Waals surface area (Å²) in [7, 11) is 0. The maximum absolute atomic E-state index is 2.71. The Kier molecular flexibility index (Phi) is 4.03. The number of hydrogen-bond donors (Lipinski definition) is 0. The van der Waals surface area contributed by atoms with Crippen molar-refractivity contribution in [2.45, 2.75) is 38.5 Å². The largest absolute Gasteiger partial charge is 0.0826 e. The molecule has 2 aliphatic rings. The van der Waals surface area contributed by atoms with Crippen LogP contribution < -0.4 is 0 Å². The third kappa shape index (κ3) is 2.11. The second kappa shape index (κ2) is 4.46. The molecule has 2 saturated carbocycles. The molecule has 0 amide bonds. The average molecular weight is 530 g/mol. The maximum Gasteiger partial charge on any atom is 0.0765 e. The van der Waals surface area contributed by atoms with Crippen LogP contribution in [0.3, 0.4) is 0 Å². The summed E-state index contributed by atoms with van der Waals surface area (Å²) in [6.45, 7) is 4.88. The van der Waals surface area contributed by atoms with Crippen LogP contribution in [0.5, 0.6) is 0 Å². The van der Waals surface area contributed by atoms with Gasteiger partial charge in [-0.25, -0.2) is 0 Å². The molecule has 0 aliphatic heterocycles. The monoisotopic (exact) mass is 530 g/mol. The summed E-state index contributed by atoms with van der Waals surface area (Å²) >= 11 is 8.05. The molecule has 0 N–H and O–H groups in total.